The van der Waals surface area contributed by atoms with Gasteiger partial charge in [0.05, 0.1) is 5.69 Å². The lowest BCUT2D eigenvalue weighted by atomic mass is 9.99. The lowest BCUT2D eigenvalue weighted by Gasteiger charge is -2.41. The van der Waals surface area contributed by atoms with Gasteiger partial charge in [0.25, 0.3) is 0 Å². The number of pyridine rings is 2. The first-order valence-electron chi connectivity index (χ1n) is 15.2. The molecule has 0 aliphatic carbocycles. The number of carbonyl (C=O) groups is 1. The number of aldehydes is 1. The van der Waals surface area contributed by atoms with Crippen LogP contribution in [0.25, 0.3) is 5.65 Å². The summed E-state index contributed by atoms with van der Waals surface area (Å²) in [6, 6.07) is 3.72. The Hall–Kier alpha value is -2.80. The van der Waals surface area contributed by atoms with Crippen molar-refractivity contribution in [1.82, 2.24) is 19.7 Å². The Kier molecular flexibility index (Phi) is 18.7. The van der Waals surface area contributed by atoms with Crippen molar-refractivity contribution in [1.29, 1.82) is 0 Å². The van der Waals surface area contributed by atoms with Gasteiger partial charge in [-0.05, 0) is 70.2 Å². The molecule has 40 heavy (non-hydrogen) atoms. The van der Waals surface area contributed by atoms with E-state index < -0.39 is 0 Å². The molecule has 6 nitrogen and oxygen atoms in total. The number of carbonyl (C=O) groups excluding carboxylic acids is 1. The van der Waals surface area contributed by atoms with E-state index in [0.717, 1.165) is 56.4 Å². The first-order chi connectivity index (χ1) is 19.1. The third-order valence-corrected chi connectivity index (χ3v) is 6.16. The van der Waals surface area contributed by atoms with Crippen molar-refractivity contribution in [3.05, 3.63) is 59.1 Å². The number of nitrogens with one attached hydrogen (secondary N) is 1. The van der Waals surface area contributed by atoms with Gasteiger partial charge in [-0.1, -0.05) is 54.9 Å². The largest absolute Gasteiger partial charge is 0.368 e. The van der Waals surface area contributed by atoms with E-state index in [-0.39, 0.29) is 11.4 Å². The Bertz CT molecular complexity index is 1110. The van der Waals surface area contributed by atoms with Gasteiger partial charge in [-0.2, -0.15) is 0 Å². The third kappa shape index (κ3) is 12.2. The first-order valence-corrected chi connectivity index (χ1v) is 15.2. The molecule has 3 aromatic heterocycles. The van der Waals surface area contributed by atoms with Gasteiger partial charge in [-0.25, -0.2) is 9.37 Å². The van der Waals surface area contributed by atoms with Crippen LogP contribution in [0.5, 0.6) is 0 Å². The van der Waals surface area contributed by atoms with Crippen molar-refractivity contribution in [3.63, 3.8) is 0 Å². The van der Waals surface area contributed by atoms with Crippen LogP contribution in [0.2, 0.25) is 0 Å². The smallest absolute Gasteiger partial charge is 0.173 e. The average Bonchev–Trinajstić information content (AvgIpc) is 3.33. The topological polar surface area (TPSA) is 62.5 Å². The fourth-order valence-electron chi connectivity index (χ4n) is 4.33. The number of anilines is 1. The van der Waals surface area contributed by atoms with Gasteiger partial charge in [-0.3, -0.25) is 4.98 Å². The summed E-state index contributed by atoms with van der Waals surface area (Å²) in [6.07, 6.45) is 11.4. The van der Waals surface area contributed by atoms with Gasteiger partial charge in [0.15, 0.2) is 11.5 Å². The van der Waals surface area contributed by atoms with Crippen molar-refractivity contribution >= 4 is 17.6 Å². The van der Waals surface area contributed by atoms with Crippen molar-refractivity contribution in [2.75, 3.05) is 24.5 Å². The number of unbranched alkanes of at least 4 members (excludes halogenated alkanes) is 1. The summed E-state index contributed by atoms with van der Waals surface area (Å²) in [5.41, 5.74) is 6.44. The summed E-state index contributed by atoms with van der Waals surface area (Å²) >= 11 is 0. The minimum Gasteiger partial charge on any atom is -0.368 e. The molecule has 1 saturated heterocycles. The molecule has 4 heterocycles. The molecule has 1 aliphatic rings. The summed E-state index contributed by atoms with van der Waals surface area (Å²) in [7, 11) is 0. The normalized spacial score (nSPS) is 13.3. The number of hydrogen-bond donors (Lipinski definition) is 1. The minimum absolute atomic E-state index is 0.193. The van der Waals surface area contributed by atoms with Crippen molar-refractivity contribution in [2.24, 2.45) is 0 Å². The molecule has 3 aromatic rings. The number of aryl methyl sites for hydroxylation is 3. The molecule has 4 rings (SSSR count). The highest BCUT2D eigenvalue weighted by Crippen LogP contribution is 2.26. The SMILES string of the molecule is CC.CC.CCCC=O.CCCc1c(N2CCNC(C)(C)C2)ccnc1C.CCc1cc(F)c2nc(C)cn2c1. The lowest BCUT2D eigenvalue weighted by Crippen LogP contribution is -2.57. The molecule has 0 bridgehead atoms. The van der Waals surface area contributed by atoms with Crippen molar-refractivity contribution in [2.45, 2.75) is 114 Å². The number of fused-ring (bicyclic) bond motifs is 1. The molecule has 0 amide bonds. The predicted octanol–water partition coefficient (Wildman–Crippen LogP) is 7.91. The Morgan fingerprint density at radius 1 is 1.07 bits per heavy atom. The summed E-state index contributed by atoms with van der Waals surface area (Å²) in [4.78, 5) is 20.4. The molecule has 1 aliphatic heterocycles. The summed E-state index contributed by atoms with van der Waals surface area (Å²) in [5.74, 6) is -0.243. The highest BCUT2D eigenvalue weighted by Gasteiger charge is 2.27. The van der Waals surface area contributed by atoms with Crippen molar-refractivity contribution < 1.29 is 9.18 Å². The van der Waals surface area contributed by atoms with E-state index in [4.69, 9.17) is 0 Å². The summed E-state index contributed by atoms with van der Waals surface area (Å²) in [6.45, 7) is 26.0. The Morgan fingerprint density at radius 3 is 2.27 bits per heavy atom. The number of piperazine rings is 1. The fraction of sp³-hybridized carbons (Fsp3) is 0.606. The van der Waals surface area contributed by atoms with E-state index in [1.807, 2.05) is 67.1 Å². The van der Waals surface area contributed by atoms with Crippen molar-refractivity contribution in [3.8, 4) is 0 Å². The average molecular weight is 558 g/mol. The maximum atomic E-state index is 13.4. The molecule has 0 atom stereocenters. The minimum atomic E-state index is -0.243. The predicted molar refractivity (Wildman–Crippen MR) is 170 cm³/mol. The zero-order valence-corrected chi connectivity index (χ0v) is 27.2. The van der Waals surface area contributed by atoms with Crippen LogP contribution >= 0.6 is 0 Å². The summed E-state index contributed by atoms with van der Waals surface area (Å²) in [5, 5.41) is 3.57. The maximum absolute atomic E-state index is 13.4. The second kappa shape index (κ2) is 20.1. The van der Waals surface area contributed by atoms with Gasteiger partial charge < -0.3 is 19.4 Å². The van der Waals surface area contributed by atoms with Crippen LogP contribution < -0.4 is 10.2 Å². The van der Waals surface area contributed by atoms with E-state index in [1.165, 1.54) is 23.4 Å². The van der Waals surface area contributed by atoms with Gasteiger partial charge in [0.2, 0.25) is 0 Å². The van der Waals surface area contributed by atoms with E-state index >= 15 is 0 Å². The quantitative estimate of drug-likeness (QED) is 0.312. The molecular formula is C33H56FN5O. The van der Waals surface area contributed by atoms with Gasteiger partial charge in [-0.15, -0.1) is 0 Å². The fourth-order valence-corrected chi connectivity index (χ4v) is 4.33. The second-order valence-electron chi connectivity index (χ2n) is 9.99. The Balaban J connectivity index is 0.000000604. The molecule has 0 aromatic carbocycles. The highest BCUT2D eigenvalue weighted by molar-refractivity contribution is 5.55. The summed E-state index contributed by atoms with van der Waals surface area (Å²) < 4.78 is 15.1. The zero-order valence-electron chi connectivity index (χ0n) is 27.2. The lowest BCUT2D eigenvalue weighted by molar-refractivity contribution is -0.107. The van der Waals surface area contributed by atoms with E-state index in [0.29, 0.717) is 12.1 Å². The monoisotopic (exact) mass is 557 g/mol. The standard InChI is InChI=1S/C15H25N3.C10H11FN2.C4H8O.2C2H6/c1-5-6-13-12(2)16-8-7-14(13)18-10-9-17-15(3,4)11-18;1-3-8-4-9(11)10-12-7(2)5-13(10)6-8;1-2-3-4-5;2*1-2/h7-8,17H,5-6,9-11H2,1-4H3;4-6H,3H2,1-2H3;4H,2-3H2,1H3;2*1-2H3. The molecule has 0 unspecified atom stereocenters. The number of imidazole rings is 1. The van der Waals surface area contributed by atoms with E-state index in [2.05, 4.69) is 53.9 Å². The van der Waals surface area contributed by atoms with Crippen LogP contribution in [0.3, 0.4) is 0 Å². The third-order valence-electron chi connectivity index (χ3n) is 6.16. The van der Waals surface area contributed by atoms with Crippen LogP contribution in [0.4, 0.5) is 10.1 Å². The molecule has 1 N–H and O–H groups in total. The van der Waals surface area contributed by atoms with Crippen LogP contribution in [0.15, 0.2) is 30.7 Å². The maximum Gasteiger partial charge on any atom is 0.173 e. The van der Waals surface area contributed by atoms with E-state index in [1.54, 1.807) is 10.5 Å². The van der Waals surface area contributed by atoms with Gasteiger partial charge in [0, 0.05) is 61.6 Å². The molecule has 0 spiro atoms. The number of halogens is 1. The Morgan fingerprint density at radius 2 is 1.75 bits per heavy atom. The number of nitrogens with zero attached hydrogens (tertiary/aromatic N) is 4. The van der Waals surface area contributed by atoms with Crippen LogP contribution in [-0.4, -0.2) is 45.8 Å². The van der Waals surface area contributed by atoms with E-state index in [9.17, 15) is 9.18 Å². The van der Waals surface area contributed by atoms with Crippen LogP contribution in [0, 0.1) is 19.7 Å². The van der Waals surface area contributed by atoms with Gasteiger partial charge in [0.1, 0.15) is 6.29 Å². The Labute approximate surface area is 243 Å². The second-order valence-corrected chi connectivity index (χ2v) is 9.99. The molecule has 1 fully saturated rings. The molecule has 7 heteroatoms. The van der Waals surface area contributed by atoms with Crippen LogP contribution in [-0.2, 0) is 17.6 Å². The molecule has 0 radical (unpaired) electrons. The first kappa shape index (κ1) is 37.2. The van der Waals surface area contributed by atoms with Gasteiger partial charge >= 0.3 is 0 Å². The number of rotatable bonds is 6. The number of aromatic nitrogens is 3. The molecule has 0 saturated carbocycles. The number of hydrogen-bond acceptors (Lipinski definition) is 5. The molecule has 226 valence electrons. The highest BCUT2D eigenvalue weighted by atomic mass is 19.1. The van der Waals surface area contributed by atoms with Crippen LogP contribution in [0.1, 0.15) is 104 Å². The zero-order chi connectivity index (χ0) is 30.7. The molecular weight excluding hydrogens is 501 g/mol.